The van der Waals surface area contributed by atoms with Gasteiger partial charge in [0, 0.05) is 18.7 Å². The molecule has 3 heteroatoms. The number of hydrogen-bond acceptors (Lipinski definition) is 2. The van der Waals surface area contributed by atoms with E-state index in [-0.39, 0.29) is 5.91 Å². The Bertz CT molecular complexity index is 399. The lowest BCUT2D eigenvalue weighted by atomic mass is 9.97. The number of amides is 1. The van der Waals surface area contributed by atoms with Crippen LogP contribution in [0.15, 0.2) is 12.1 Å². The lowest BCUT2D eigenvalue weighted by Crippen LogP contribution is -2.20. The third-order valence-corrected chi connectivity index (χ3v) is 2.82. The second-order valence-corrected chi connectivity index (χ2v) is 4.01. The van der Waals surface area contributed by atoms with E-state index in [1.807, 2.05) is 7.05 Å². The maximum atomic E-state index is 11.3. The molecule has 0 aromatic heterocycles. The molecular weight excluding hydrogens is 188 g/mol. The van der Waals surface area contributed by atoms with Crippen LogP contribution in [0.4, 0.5) is 5.69 Å². The van der Waals surface area contributed by atoms with E-state index >= 15 is 0 Å². The van der Waals surface area contributed by atoms with Gasteiger partial charge in [0.25, 0.3) is 0 Å². The van der Waals surface area contributed by atoms with Gasteiger partial charge in [-0.05, 0) is 43.1 Å². The molecule has 0 radical (unpaired) electrons. The van der Waals surface area contributed by atoms with Crippen molar-refractivity contribution in [2.75, 3.05) is 12.4 Å². The Morgan fingerprint density at radius 1 is 1.40 bits per heavy atom. The predicted octanol–water partition coefficient (Wildman–Crippen LogP) is 1.60. The third kappa shape index (κ3) is 2.02. The van der Waals surface area contributed by atoms with Gasteiger partial charge in [0.2, 0.25) is 5.91 Å². The van der Waals surface area contributed by atoms with Gasteiger partial charge in [-0.3, -0.25) is 4.79 Å². The van der Waals surface area contributed by atoms with Crippen LogP contribution in [-0.2, 0) is 17.8 Å². The Kier molecular flexibility index (Phi) is 2.73. The monoisotopic (exact) mass is 204 g/mol. The van der Waals surface area contributed by atoms with Crippen LogP contribution in [0.3, 0.4) is 0 Å². The summed E-state index contributed by atoms with van der Waals surface area (Å²) in [5.41, 5.74) is 4.78. The van der Waals surface area contributed by atoms with Gasteiger partial charge in [-0.15, -0.1) is 0 Å². The summed E-state index contributed by atoms with van der Waals surface area (Å²) in [5.74, 6) is 0.127. The first-order valence-electron chi connectivity index (χ1n) is 5.27. The number of hydrogen-bond donors (Lipinski definition) is 2. The van der Waals surface area contributed by atoms with Crippen LogP contribution in [-0.4, -0.2) is 13.0 Å². The van der Waals surface area contributed by atoms with Crippen LogP contribution < -0.4 is 10.6 Å². The first-order chi connectivity index (χ1) is 7.20. The van der Waals surface area contributed by atoms with E-state index in [0.29, 0.717) is 6.42 Å². The van der Waals surface area contributed by atoms with Crippen molar-refractivity contribution < 1.29 is 4.79 Å². The van der Waals surface area contributed by atoms with Crippen LogP contribution in [0.1, 0.15) is 23.1 Å². The Morgan fingerprint density at radius 3 is 2.93 bits per heavy atom. The summed E-state index contributed by atoms with van der Waals surface area (Å²) in [4.78, 5) is 11.3. The van der Waals surface area contributed by atoms with Crippen LogP contribution in [0, 0.1) is 6.92 Å². The average Bonchev–Trinajstić information content (AvgIpc) is 2.20. The second kappa shape index (κ2) is 4.03. The van der Waals surface area contributed by atoms with Gasteiger partial charge in [-0.2, -0.15) is 0 Å². The Morgan fingerprint density at radius 2 is 2.20 bits per heavy atom. The van der Waals surface area contributed by atoms with E-state index in [2.05, 4.69) is 29.7 Å². The molecule has 0 aliphatic carbocycles. The zero-order valence-electron chi connectivity index (χ0n) is 9.18. The quantitative estimate of drug-likeness (QED) is 0.768. The molecule has 0 saturated carbocycles. The molecule has 3 nitrogen and oxygen atoms in total. The zero-order valence-corrected chi connectivity index (χ0v) is 9.18. The standard InChI is InChI=1S/C12H16N2O/c1-8-5-9-3-4-12(15)14-11(9)6-10(8)7-13-2/h5-6,13H,3-4,7H2,1-2H3,(H,14,15). The smallest absolute Gasteiger partial charge is 0.224 e. The molecule has 2 N–H and O–H groups in total. The molecule has 0 bridgehead atoms. The van der Waals surface area contributed by atoms with E-state index in [1.54, 1.807) is 0 Å². The van der Waals surface area contributed by atoms with Crippen molar-refractivity contribution in [1.29, 1.82) is 0 Å². The topological polar surface area (TPSA) is 41.1 Å². The number of aryl methyl sites for hydroxylation is 2. The fraction of sp³-hybridized carbons (Fsp3) is 0.417. The third-order valence-electron chi connectivity index (χ3n) is 2.82. The van der Waals surface area contributed by atoms with Crippen molar-refractivity contribution in [2.45, 2.75) is 26.3 Å². The maximum Gasteiger partial charge on any atom is 0.224 e. The lowest BCUT2D eigenvalue weighted by molar-refractivity contribution is -0.116. The Hall–Kier alpha value is -1.35. The van der Waals surface area contributed by atoms with Gasteiger partial charge in [-0.25, -0.2) is 0 Å². The molecule has 1 amide bonds. The maximum absolute atomic E-state index is 11.3. The molecule has 0 unspecified atom stereocenters. The van der Waals surface area contributed by atoms with Gasteiger partial charge >= 0.3 is 0 Å². The number of benzene rings is 1. The molecule has 1 aromatic rings. The highest BCUT2D eigenvalue weighted by Crippen LogP contribution is 2.26. The van der Waals surface area contributed by atoms with Crippen molar-refractivity contribution in [3.05, 3.63) is 28.8 Å². The fourth-order valence-corrected chi connectivity index (χ4v) is 1.98. The van der Waals surface area contributed by atoms with Gasteiger partial charge in [0.15, 0.2) is 0 Å². The molecule has 1 heterocycles. The molecule has 0 saturated heterocycles. The highest BCUT2D eigenvalue weighted by Gasteiger charge is 2.15. The number of nitrogens with one attached hydrogen (secondary N) is 2. The van der Waals surface area contributed by atoms with E-state index < -0.39 is 0 Å². The first-order valence-corrected chi connectivity index (χ1v) is 5.27. The Balaban J connectivity index is 2.38. The zero-order chi connectivity index (χ0) is 10.8. The minimum Gasteiger partial charge on any atom is -0.326 e. The van der Waals surface area contributed by atoms with Gasteiger partial charge in [-0.1, -0.05) is 6.07 Å². The van der Waals surface area contributed by atoms with Crippen LogP contribution in [0.2, 0.25) is 0 Å². The largest absolute Gasteiger partial charge is 0.326 e. The summed E-state index contributed by atoms with van der Waals surface area (Å²) in [5, 5.41) is 6.05. The Labute approximate surface area is 89.9 Å². The van der Waals surface area contributed by atoms with Gasteiger partial charge < -0.3 is 10.6 Å². The number of fused-ring (bicyclic) bond motifs is 1. The normalized spacial score (nSPS) is 14.7. The number of carbonyl (C=O) groups excluding carboxylic acids is 1. The second-order valence-electron chi connectivity index (χ2n) is 4.01. The van der Waals surface area contributed by atoms with E-state index in [9.17, 15) is 4.79 Å². The molecule has 1 aliphatic rings. The van der Waals surface area contributed by atoms with E-state index in [0.717, 1.165) is 18.7 Å². The van der Waals surface area contributed by atoms with Gasteiger partial charge in [0.05, 0.1) is 0 Å². The molecule has 1 aromatic carbocycles. The molecule has 0 spiro atoms. The van der Waals surface area contributed by atoms with Crippen LogP contribution in [0.25, 0.3) is 0 Å². The molecule has 80 valence electrons. The van der Waals surface area contributed by atoms with Crippen molar-refractivity contribution in [3.63, 3.8) is 0 Å². The van der Waals surface area contributed by atoms with Crippen LogP contribution in [0.5, 0.6) is 0 Å². The first kappa shape index (κ1) is 10.2. The number of anilines is 1. The summed E-state index contributed by atoms with van der Waals surface area (Å²) < 4.78 is 0. The van der Waals surface area contributed by atoms with E-state index in [4.69, 9.17) is 0 Å². The molecule has 0 atom stereocenters. The SMILES string of the molecule is CNCc1cc2c(cc1C)CCC(=O)N2. The lowest BCUT2D eigenvalue weighted by Gasteiger charge is -2.19. The van der Waals surface area contributed by atoms with Crippen LogP contribution >= 0.6 is 0 Å². The summed E-state index contributed by atoms with van der Waals surface area (Å²) in [6.45, 7) is 2.96. The average molecular weight is 204 g/mol. The van der Waals surface area contributed by atoms with Crippen molar-refractivity contribution >= 4 is 11.6 Å². The van der Waals surface area contributed by atoms with Crippen molar-refractivity contribution in [1.82, 2.24) is 5.32 Å². The highest BCUT2D eigenvalue weighted by molar-refractivity contribution is 5.94. The minimum atomic E-state index is 0.127. The summed E-state index contributed by atoms with van der Waals surface area (Å²) in [6, 6.07) is 4.26. The molecular formula is C12H16N2O. The highest BCUT2D eigenvalue weighted by atomic mass is 16.1. The number of carbonyl (C=O) groups is 1. The van der Waals surface area contributed by atoms with Crippen molar-refractivity contribution in [2.24, 2.45) is 0 Å². The summed E-state index contributed by atoms with van der Waals surface area (Å²) in [7, 11) is 1.93. The minimum absolute atomic E-state index is 0.127. The molecule has 1 aliphatic heterocycles. The fourth-order valence-electron chi connectivity index (χ4n) is 1.98. The molecule has 0 fully saturated rings. The molecule has 2 rings (SSSR count). The van der Waals surface area contributed by atoms with Gasteiger partial charge in [0.1, 0.15) is 0 Å². The predicted molar refractivity (Wildman–Crippen MR) is 60.9 cm³/mol. The number of rotatable bonds is 2. The summed E-state index contributed by atoms with van der Waals surface area (Å²) >= 11 is 0. The summed E-state index contributed by atoms with van der Waals surface area (Å²) in [6.07, 6.45) is 1.47. The van der Waals surface area contributed by atoms with Crippen molar-refractivity contribution in [3.8, 4) is 0 Å². The molecule has 15 heavy (non-hydrogen) atoms. The van der Waals surface area contributed by atoms with E-state index in [1.165, 1.54) is 16.7 Å².